The third kappa shape index (κ3) is 3.43. The zero-order valence-corrected chi connectivity index (χ0v) is 24.2. The fourth-order valence-corrected chi connectivity index (χ4v) is 13.0. The van der Waals surface area contributed by atoms with E-state index >= 15 is 0 Å². The lowest BCUT2D eigenvalue weighted by molar-refractivity contribution is -0.183. The van der Waals surface area contributed by atoms with Gasteiger partial charge in [0.25, 0.3) is 0 Å². The van der Waals surface area contributed by atoms with Crippen molar-refractivity contribution in [3.8, 4) is 0 Å². The van der Waals surface area contributed by atoms with Crippen LogP contribution in [-0.2, 0) is 4.79 Å². The van der Waals surface area contributed by atoms with Gasteiger partial charge in [0.1, 0.15) is 0 Å². The first-order valence-electron chi connectivity index (χ1n) is 15.8. The van der Waals surface area contributed by atoms with Gasteiger partial charge >= 0.3 is 5.97 Å². The summed E-state index contributed by atoms with van der Waals surface area (Å²) in [4.78, 5) is 11.5. The molecule has 0 bridgehead atoms. The Bertz CT molecular complexity index is 923. The molecule has 0 spiro atoms. The van der Waals surface area contributed by atoms with Crippen LogP contribution >= 0.6 is 0 Å². The van der Waals surface area contributed by atoms with Crippen molar-refractivity contribution in [2.45, 2.75) is 125 Å². The molecule has 0 aliphatic heterocycles. The maximum atomic E-state index is 11.5. The van der Waals surface area contributed by atoms with Crippen molar-refractivity contribution in [3.05, 3.63) is 11.6 Å². The second-order valence-corrected chi connectivity index (χ2v) is 16.2. The summed E-state index contributed by atoms with van der Waals surface area (Å²) in [6.07, 6.45) is 19.6. The second-order valence-electron chi connectivity index (χ2n) is 16.2. The molecule has 5 saturated carbocycles. The number of hydrogen-bond donors (Lipinski definition) is 1. The average molecular weight is 495 g/mol. The molecule has 2 nitrogen and oxygen atoms in total. The first-order valence-corrected chi connectivity index (χ1v) is 15.8. The highest BCUT2D eigenvalue weighted by atomic mass is 16.4. The third-order valence-electron chi connectivity index (χ3n) is 14.5. The maximum absolute atomic E-state index is 11.5. The van der Waals surface area contributed by atoms with E-state index < -0.39 is 5.97 Å². The quantitative estimate of drug-likeness (QED) is 0.389. The van der Waals surface area contributed by atoms with E-state index in [1.807, 2.05) is 0 Å². The maximum Gasteiger partial charge on any atom is 0.306 e. The van der Waals surface area contributed by atoms with E-state index in [2.05, 4.69) is 47.6 Å². The van der Waals surface area contributed by atoms with E-state index in [-0.39, 0.29) is 11.3 Å². The van der Waals surface area contributed by atoms with Crippen molar-refractivity contribution >= 4 is 5.97 Å². The van der Waals surface area contributed by atoms with Crippen molar-refractivity contribution < 1.29 is 9.90 Å². The topological polar surface area (TPSA) is 37.3 Å². The summed E-state index contributed by atoms with van der Waals surface area (Å²) in [7, 11) is 0. The highest BCUT2D eigenvalue weighted by Gasteiger charge is 2.65. The molecule has 5 fully saturated rings. The highest BCUT2D eigenvalue weighted by Crippen LogP contribution is 2.73. The summed E-state index contributed by atoms with van der Waals surface area (Å²) in [6, 6.07) is 0. The molecule has 36 heavy (non-hydrogen) atoms. The van der Waals surface area contributed by atoms with Crippen molar-refractivity contribution in [2.24, 2.45) is 69.0 Å². The lowest BCUT2D eigenvalue weighted by Crippen LogP contribution is -2.61. The van der Waals surface area contributed by atoms with Crippen molar-refractivity contribution in [3.63, 3.8) is 0 Å². The molecule has 6 rings (SSSR count). The fraction of sp³-hybridized carbons (Fsp3) is 0.912. The molecule has 0 amide bonds. The van der Waals surface area contributed by atoms with Gasteiger partial charge in [0.2, 0.25) is 0 Å². The Morgan fingerprint density at radius 3 is 2.19 bits per heavy atom. The highest BCUT2D eigenvalue weighted by molar-refractivity contribution is 5.70. The molecule has 2 heteroatoms. The zero-order valence-electron chi connectivity index (χ0n) is 24.2. The molecule has 0 aromatic rings. The Hall–Kier alpha value is -0.790. The largest absolute Gasteiger partial charge is 0.481 e. The van der Waals surface area contributed by atoms with Gasteiger partial charge < -0.3 is 5.11 Å². The van der Waals surface area contributed by atoms with Gasteiger partial charge in [-0.2, -0.15) is 0 Å². The Morgan fingerprint density at radius 1 is 0.806 bits per heavy atom. The van der Waals surface area contributed by atoms with Crippen LogP contribution in [0.15, 0.2) is 11.6 Å². The minimum Gasteiger partial charge on any atom is -0.481 e. The number of carboxylic acids is 1. The summed E-state index contributed by atoms with van der Waals surface area (Å²) in [5.74, 6) is 5.42. The smallest absolute Gasteiger partial charge is 0.306 e. The summed E-state index contributed by atoms with van der Waals surface area (Å²) in [6.45, 7) is 15.9. The number of carboxylic acid groups (broad SMARTS) is 1. The monoisotopic (exact) mass is 494 g/mol. The normalized spacial score (nSPS) is 53.9. The summed E-state index contributed by atoms with van der Waals surface area (Å²) in [5.41, 5.74) is 3.54. The molecular weight excluding hydrogens is 440 g/mol. The molecule has 1 N–H and O–H groups in total. The van der Waals surface area contributed by atoms with Crippen LogP contribution in [0.1, 0.15) is 125 Å². The first-order chi connectivity index (χ1) is 16.9. The Morgan fingerprint density at radius 2 is 1.50 bits per heavy atom. The fourth-order valence-electron chi connectivity index (χ4n) is 13.0. The molecule has 0 aromatic carbocycles. The lowest BCUT2D eigenvalue weighted by Gasteiger charge is -2.69. The Labute approximate surface area is 221 Å². The molecular formula is C34H54O2. The molecule has 9 atom stereocenters. The molecule has 0 aromatic heterocycles. The van der Waals surface area contributed by atoms with E-state index in [1.165, 1.54) is 57.8 Å². The zero-order chi connectivity index (χ0) is 25.7. The van der Waals surface area contributed by atoms with E-state index in [0.717, 1.165) is 61.2 Å². The minimum atomic E-state index is -0.574. The predicted molar refractivity (Wildman–Crippen MR) is 147 cm³/mol. The van der Waals surface area contributed by atoms with Gasteiger partial charge in [-0.1, -0.05) is 53.2 Å². The number of aliphatic carboxylic acids is 1. The van der Waals surface area contributed by atoms with Crippen molar-refractivity contribution in [1.82, 2.24) is 0 Å². The van der Waals surface area contributed by atoms with Crippen molar-refractivity contribution in [2.75, 3.05) is 0 Å². The number of allylic oxidation sites excluding steroid dienone is 2. The van der Waals surface area contributed by atoms with Gasteiger partial charge in [-0.3, -0.25) is 4.79 Å². The number of carbonyl (C=O) groups is 1. The summed E-state index contributed by atoms with van der Waals surface area (Å²) >= 11 is 0. The second kappa shape index (κ2) is 8.35. The van der Waals surface area contributed by atoms with Crippen molar-refractivity contribution in [1.29, 1.82) is 0 Å². The molecule has 0 saturated heterocycles. The minimum absolute atomic E-state index is 0.107. The van der Waals surface area contributed by atoms with E-state index in [4.69, 9.17) is 0 Å². The molecule has 0 radical (unpaired) electrons. The number of fused-ring (bicyclic) bond motifs is 7. The van der Waals surface area contributed by atoms with Crippen LogP contribution in [0.5, 0.6) is 0 Å². The van der Waals surface area contributed by atoms with Crippen LogP contribution in [-0.4, -0.2) is 11.1 Å². The van der Waals surface area contributed by atoms with Crippen LogP contribution < -0.4 is 0 Å². The molecule has 4 unspecified atom stereocenters. The van der Waals surface area contributed by atoms with Crippen LogP contribution in [0, 0.1) is 69.0 Å². The standard InChI is InChI=1S/C34H54O2/c1-21-13-17-32(4)18-14-26-24(29(21)32)11-12-28-33(26,5)20-16-27-31(2,3)25(15-19-34(27,28)6)22-7-9-23(10-8-22)30(35)36/h15,21-24,26-29H,7-14,16-20H2,1-6H3,(H,35,36)/t21?,22?,23?,24-,26?,27?,28?,29+,32+,33-,34-/m0/s1. The molecule has 0 heterocycles. The van der Waals surface area contributed by atoms with Crippen LogP contribution in [0.2, 0.25) is 0 Å². The molecule has 6 aliphatic carbocycles. The van der Waals surface area contributed by atoms with Gasteiger partial charge in [-0.15, -0.1) is 0 Å². The van der Waals surface area contributed by atoms with Crippen LogP contribution in [0.4, 0.5) is 0 Å². The molecule has 6 aliphatic rings. The number of rotatable bonds is 2. The van der Waals surface area contributed by atoms with Gasteiger partial charge in [0.15, 0.2) is 0 Å². The van der Waals surface area contributed by atoms with Crippen LogP contribution in [0.25, 0.3) is 0 Å². The SMILES string of the molecule is CC1CC[C@]2(C)CCC3[C@H](CCC4[C@@]3(C)CCC3C(C)(C)C(C5CCC(C(=O)O)CC5)=CC[C@@]34C)[C@@H]12. The Balaban J connectivity index is 1.27. The number of hydrogen-bond acceptors (Lipinski definition) is 1. The predicted octanol–water partition coefficient (Wildman–Crippen LogP) is 9.14. The third-order valence-corrected chi connectivity index (χ3v) is 14.5. The van der Waals surface area contributed by atoms with Crippen LogP contribution in [0.3, 0.4) is 0 Å². The first kappa shape index (κ1) is 25.5. The van der Waals surface area contributed by atoms with Gasteiger partial charge in [-0.05, 0) is 147 Å². The lowest BCUT2D eigenvalue weighted by atomic mass is 9.36. The van der Waals surface area contributed by atoms with Gasteiger partial charge in [-0.25, -0.2) is 0 Å². The van der Waals surface area contributed by atoms with Gasteiger partial charge in [0, 0.05) is 0 Å². The Kier molecular flexibility index (Phi) is 5.91. The summed E-state index contributed by atoms with van der Waals surface area (Å²) < 4.78 is 0. The molecule has 202 valence electrons. The van der Waals surface area contributed by atoms with E-state index in [9.17, 15) is 9.90 Å². The van der Waals surface area contributed by atoms with E-state index in [0.29, 0.717) is 22.2 Å². The van der Waals surface area contributed by atoms with E-state index in [1.54, 1.807) is 5.57 Å². The van der Waals surface area contributed by atoms with Gasteiger partial charge in [0.05, 0.1) is 5.92 Å². The average Bonchev–Trinajstić information content (AvgIpc) is 3.13. The summed E-state index contributed by atoms with van der Waals surface area (Å²) in [5, 5.41) is 9.51.